The van der Waals surface area contributed by atoms with Crippen molar-refractivity contribution in [2.24, 2.45) is 5.16 Å². The monoisotopic (exact) mass is 802 g/mol. The van der Waals surface area contributed by atoms with Gasteiger partial charge in [-0.05, 0) is 51.2 Å². The number of benzene rings is 2. The molecular weight excluding hydrogens is 761 g/mol. The maximum Gasteiger partial charge on any atom is 0.511 e. The van der Waals surface area contributed by atoms with Crippen molar-refractivity contribution in [3.05, 3.63) is 99.0 Å². The first-order valence-electron chi connectivity index (χ1n) is 17.9. The molecule has 4 heterocycles. The first-order chi connectivity index (χ1) is 26.8. The standard InChI is InChI=1S/C37H41F2N4O12P/c1-23-17-37(55-41-23)13-12-24(2)42-20-30(37)43-19-28(34(45)40-18-26-10-11-27(38)16-29(26)39)32(44)33(31(43)35(42)46)51-22-52-36(47)50-14-6-7-15-53-56(48,49)54-21-25-8-4-3-5-9-25/h3-5,8-11,16,19,24,30H,6-7,12-15,17-18,20-22H2,1-2H3,(H,40,45)(H,48,49)/t24-,30+,37-/m0/s1. The second kappa shape index (κ2) is 17.3. The molecule has 3 aliphatic rings. The largest absolute Gasteiger partial charge is 0.511 e. The molecule has 16 nitrogen and oxygen atoms in total. The number of nitrogens with one attached hydrogen (secondary N) is 1. The molecule has 3 aliphatic heterocycles. The normalized spacial score (nSPS) is 21.0. The van der Waals surface area contributed by atoms with E-state index < -0.39 is 79.1 Å². The Morgan fingerprint density at radius 1 is 1.09 bits per heavy atom. The van der Waals surface area contributed by atoms with Gasteiger partial charge in [-0.3, -0.25) is 23.4 Å². The van der Waals surface area contributed by atoms with Gasteiger partial charge in [-0.15, -0.1) is 0 Å². The maximum atomic E-state index is 14.4. The van der Waals surface area contributed by atoms with Gasteiger partial charge in [-0.25, -0.2) is 18.1 Å². The van der Waals surface area contributed by atoms with Gasteiger partial charge in [-0.1, -0.05) is 41.6 Å². The number of phosphoric ester groups is 1. The number of ether oxygens (including phenoxy) is 3. The van der Waals surface area contributed by atoms with Crippen LogP contribution in [0.2, 0.25) is 0 Å². The van der Waals surface area contributed by atoms with Crippen LogP contribution in [0.4, 0.5) is 13.6 Å². The number of unbranched alkanes of at least 4 members (excludes halogenated alkanes) is 1. The van der Waals surface area contributed by atoms with E-state index in [9.17, 15) is 37.4 Å². The molecule has 1 aromatic heterocycles. The van der Waals surface area contributed by atoms with Crippen molar-refractivity contribution in [1.82, 2.24) is 14.8 Å². The van der Waals surface area contributed by atoms with E-state index >= 15 is 0 Å². The summed E-state index contributed by atoms with van der Waals surface area (Å²) in [5.41, 5.74) is -1.21. The lowest BCUT2D eigenvalue weighted by Gasteiger charge is -2.42. The molecule has 1 unspecified atom stereocenters. The quantitative estimate of drug-likeness (QED) is 0.0865. The van der Waals surface area contributed by atoms with E-state index in [1.54, 1.807) is 35.2 Å². The number of oxime groups is 1. The fourth-order valence-electron chi connectivity index (χ4n) is 6.83. The SMILES string of the molecule is CC1=NO[C@@]2(CC[C@H](C)N3C[C@H]2n2cc(C(=O)NCc4ccc(F)cc4F)c(=O)c(OCOC(=O)OCCCCOP(=O)(O)OCc4ccccc4)c2C3=O)C1. The molecule has 1 fully saturated rings. The number of amides is 2. The van der Waals surface area contributed by atoms with Crippen LogP contribution in [0.5, 0.6) is 5.75 Å². The molecule has 0 radical (unpaired) electrons. The van der Waals surface area contributed by atoms with Crippen LogP contribution < -0.4 is 15.5 Å². The van der Waals surface area contributed by atoms with Crippen LogP contribution in [-0.2, 0) is 41.1 Å². The highest BCUT2D eigenvalue weighted by Gasteiger charge is 2.54. The van der Waals surface area contributed by atoms with E-state index in [2.05, 4.69) is 10.5 Å². The number of halogens is 2. The molecule has 6 rings (SSSR count). The van der Waals surface area contributed by atoms with Gasteiger partial charge in [0.15, 0.2) is 11.3 Å². The lowest BCUT2D eigenvalue weighted by molar-refractivity contribution is -0.0658. The highest BCUT2D eigenvalue weighted by Crippen LogP contribution is 2.46. The zero-order valence-corrected chi connectivity index (χ0v) is 31.5. The molecule has 1 spiro atoms. The Morgan fingerprint density at radius 3 is 2.59 bits per heavy atom. The molecule has 19 heteroatoms. The number of phosphoric acid groups is 1. The van der Waals surface area contributed by atoms with E-state index in [0.29, 0.717) is 30.9 Å². The summed E-state index contributed by atoms with van der Waals surface area (Å²) < 4.78 is 67.1. The summed E-state index contributed by atoms with van der Waals surface area (Å²) >= 11 is 0. The van der Waals surface area contributed by atoms with Crippen molar-refractivity contribution in [3.8, 4) is 5.75 Å². The molecule has 2 aromatic carbocycles. The summed E-state index contributed by atoms with van der Waals surface area (Å²) in [4.78, 5) is 71.5. The molecule has 2 amide bonds. The Morgan fingerprint density at radius 2 is 1.86 bits per heavy atom. The highest BCUT2D eigenvalue weighted by atomic mass is 31.2. The molecule has 4 atom stereocenters. The fourth-order valence-corrected chi connectivity index (χ4v) is 7.57. The summed E-state index contributed by atoms with van der Waals surface area (Å²) in [6.07, 6.45) is 1.97. The minimum Gasteiger partial charge on any atom is -0.451 e. The van der Waals surface area contributed by atoms with Crippen molar-refractivity contribution in [3.63, 3.8) is 0 Å². The molecule has 0 saturated carbocycles. The van der Waals surface area contributed by atoms with Crippen LogP contribution in [0.15, 0.2) is 64.7 Å². The van der Waals surface area contributed by atoms with Gasteiger partial charge in [0.1, 0.15) is 17.2 Å². The number of aromatic nitrogens is 1. The minimum atomic E-state index is -4.31. The second-order valence-electron chi connectivity index (χ2n) is 13.7. The Labute approximate surface area is 319 Å². The summed E-state index contributed by atoms with van der Waals surface area (Å²) in [5, 5.41) is 6.66. The zero-order valence-electron chi connectivity index (χ0n) is 30.6. The number of pyridine rings is 1. The Bertz CT molecular complexity index is 2100. The predicted octanol–water partition coefficient (Wildman–Crippen LogP) is 5.37. The minimum absolute atomic E-state index is 0.0375. The molecule has 2 N–H and O–H groups in total. The third kappa shape index (κ3) is 9.26. The maximum absolute atomic E-state index is 14.4. The van der Waals surface area contributed by atoms with Crippen LogP contribution in [0, 0.1) is 11.6 Å². The van der Waals surface area contributed by atoms with Crippen LogP contribution in [0.1, 0.15) is 84.0 Å². The zero-order chi connectivity index (χ0) is 40.0. The van der Waals surface area contributed by atoms with Crippen molar-refractivity contribution in [2.45, 2.75) is 76.8 Å². The summed E-state index contributed by atoms with van der Waals surface area (Å²) in [6, 6.07) is 10.7. The summed E-state index contributed by atoms with van der Waals surface area (Å²) in [7, 11) is -4.31. The van der Waals surface area contributed by atoms with Crippen LogP contribution in [0.25, 0.3) is 0 Å². The number of rotatable bonds is 15. The van der Waals surface area contributed by atoms with Crippen molar-refractivity contribution < 1.29 is 60.7 Å². The topological polar surface area (TPSA) is 194 Å². The molecule has 3 aromatic rings. The van der Waals surface area contributed by atoms with Gasteiger partial charge in [0.2, 0.25) is 18.0 Å². The Kier molecular flexibility index (Phi) is 12.5. The van der Waals surface area contributed by atoms with E-state index in [-0.39, 0.29) is 56.5 Å². The first-order valence-corrected chi connectivity index (χ1v) is 19.4. The van der Waals surface area contributed by atoms with Crippen LogP contribution in [0.3, 0.4) is 0 Å². The number of fused-ring (bicyclic) bond motifs is 5. The third-order valence-electron chi connectivity index (χ3n) is 9.75. The second-order valence-corrected chi connectivity index (χ2v) is 15.1. The van der Waals surface area contributed by atoms with Gasteiger partial charge in [0.05, 0.1) is 31.6 Å². The smallest absolute Gasteiger partial charge is 0.451 e. The average Bonchev–Trinajstić information content (AvgIpc) is 3.50. The van der Waals surface area contributed by atoms with Gasteiger partial charge >= 0.3 is 14.0 Å². The van der Waals surface area contributed by atoms with E-state index in [1.807, 2.05) is 13.8 Å². The lowest BCUT2D eigenvalue weighted by atomic mass is 9.84. The average molecular weight is 803 g/mol. The fraction of sp³-hybridized carbons (Fsp3) is 0.432. The van der Waals surface area contributed by atoms with Crippen molar-refractivity contribution in [2.75, 3.05) is 26.6 Å². The van der Waals surface area contributed by atoms with Crippen molar-refractivity contribution in [1.29, 1.82) is 0 Å². The number of carbonyl (C=O) groups is 3. The summed E-state index contributed by atoms with van der Waals surface area (Å²) in [6.45, 7) is 2.13. The van der Waals surface area contributed by atoms with E-state index in [0.717, 1.165) is 17.8 Å². The van der Waals surface area contributed by atoms with Crippen molar-refractivity contribution >= 4 is 31.5 Å². The Balaban J connectivity index is 1.12. The molecule has 300 valence electrons. The van der Waals surface area contributed by atoms with Gasteiger partial charge in [0.25, 0.3) is 11.8 Å². The number of hydrogen-bond acceptors (Lipinski definition) is 12. The molecule has 56 heavy (non-hydrogen) atoms. The molecule has 2 bridgehead atoms. The number of hydrogen-bond donors (Lipinski definition) is 2. The van der Waals surface area contributed by atoms with Gasteiger partial charge in [-0.2, -0.15) is 0 Å². The van der Waals surface area contributed by atoms with Gasteiger partial charge in [0, 0.05) is 43.4 Å². The third-order valence-corrected chi connectivity index (χ3v) is 10.7. The van der Waals surface area contributed by atoms with E-state index in [1.165, 1.54) is 10.8 Å². The molecule has 0 aliphatic carbocycles. The van der Waals surface area contributed by atoms with Crippen LogP contribution >= 0.6 is 7.82 Å². The highest BCUT2D eigenvalue weighted by molar-refractivity contribution is 7.47. The Hall–Kier alpha value is -5.16. The number of carbonyl (C=O) groups excluding carboxylic acids is 3. The predicted molar refractivity (Wildman–Crippen MR) is 193 cm³/mol. The molecular formula is C37H41F2N4O12P. The van der Waals surface area contributed by atoms with Gasteiger partial charge < -0.3 is 38.7 Å². The first kappa shape index (κ1) is 40.5. The van der Waals surface area contributed by atoms with E-state index in [4.69, 9.17) is 28.1 Å². The molecule has 1 saturated heterocycles. The van der Waals surface area contributed by atoms with Crippen LogP contribution in [-0.4, -0.2) is 76.2 Å². The summed E-state index contributed by atoms with van der Waals surface area (Å²) in [5.74, 6) is -3.77. The number of nitrogens with zero attached hydrogens (tertiary/aromatic N) is 3. The lowest BCUT2D eigenvalue weighted by Crippen LogP contribution is -2.52.